The van der Waals surface area contributed by atoms with Gasteiger partial charge in [-0.25, -0.2) is 0 Å². The highest BCUT2D eigenvalue weighted by Gasteiger charge is 2.47. The number of anilines is 2. The summed E-state index contributed by atoms with van der Waals surface area (Å²) in [6.07, 6.45) is 44.3. The Kier molecular flexibility index (Phi) is 31.3. The summed E-state index contributed by atoms with van der Waals surface area (Å²) in [6, 6.07) is 21.4. The predicted molar refractivity (Wildman–Crippen MR) is 469 cm³/mol. The Labute approximate surface area is 690 Å². The number of carbonyl (C=O) groups excluding carboxylic acids is 10. The number of carbonyl (C=O) groups is 10. The van der Waals surface area contributed by atoms with Gasteiger partial charge in [-0.05, 0) is 109 Å². The van der Waals surface area contributed by atoms with E-state index in [1.807, 2.05) is 36.4 Å². The average Bonchev–Trinajstić information content (AvgIpc) is 1.74. The van der Waals surface area contributed by atoms with Crippen molar-refractivity contribution in [2.24, 2.45) is 0 Å². The molecule has 6 aliphatic rings. The van der Waals surface area contributed by atoms with E-state index in [4.69, 9.17) is 0 Å². The van der Waals surface area contributed by atoms with Gasteiger partial charge in [0.1, 0.15) is 0 Å². The Morgan fingerprint density at radius 2 is 0.388 bits per heavy atom. The molecule has 0 aliphatic carbocycles. The van der Waals surface area contributed by atoms with Gasteiger partial charge in [0.15, 0.2) is 0 Å². The van der Waals surface area contributed by atoms with E-state index in [9.17, 15) is 19.2 Å². The van der Waals surface area contributed by atoms with E-state index in [2.05, 4.69) is 41.5 Å². The lowest BCUT2D eigenvalue weighted by Crippen LogP contribution is -2.44. The van der Waals surface area contributed by atoms with Gasteiger partial charge in [-0.1, -0.05) is 310 Å². The van der Waals surface area contributed by atoms with Crippen LogP contribution in [0, 0.1) is 0 Å². The first-order valence-electron chi connectivity index (χ1n) is 46.1. The lowest BCUT2D eigenvalue weighted by Gasteiger charge is -2.33. The number of imide groups is 4. The van der Waals surface area contributed by atoms with E-state index in [-0.39, 0.29) is 104 Å². The van der Waals surface area contributed by atoms with Gasteiger partial charge in [-0.3, -0.25) is 67.5 Å². The first kappa shape index (κ1) is 86.4. The molecule has 0 atom stereocenters. The minimum atomic E-state index is -0.506. The van der Waals surface area contributed by atoms with Crippen molar-refractivity contribution in [3.8, 4) is 22.3 Å². The van der Waals surface area contributed by atoms with Gasteiger partial charge < -0.3 is 9.80 Å². The van der Waals surface area contributed by atoms with Crippen LogP contribution in [0.1, 0.15) is 418 Å². The summed E-state index contributed by atoms with van der Waals surface area (Å²) >= 11 is 0. The van der Waals surface area contributed by atoms with Crippen molar-refractivity contribution >= 4 is 103 Å². The maximum absolute atomic E-state index is 16.3. The summed E-state index contributed by atoms with van der Waals surface area (Å²) in [4.78, 5) is 163. The zero-order valence-corrected chi connectivity index (χ0v) is 71.0. The number of unbranched alkanes of at least 4 members (excludes halogenated alkanes) is 38. The molecule has 0 unspecified atom stereocenters. The number of rotatable bonds is 52. The molecular weight excluding hydrogens is 1450 g/mol. The fourth-order valence-electron chi connectivity index (χ4n) is 19.0. The number of nitrogens with zero attached hydrogens (tertiary/aromatic N) is 6. The highest BCUT2D eigenvalue weighted by Crippen LogP contribution is 2.52. The largest absolute Gasteiger partial charge is 0.308 e. The van der Waals surface area contributed by atoms with Crippen LogP contribution in [0.15, 0.2) is 72.8 Å². The van der Waals surface area contributed by atoms with Crippen LogP contribution < -0.4 is 9.80 Å². The molecule has 620 valence electrons. The number of amides is 10. The van der Waals surface area contributed by atoms with Crippen molar-refractivity contribution in [1.29, 1.82) is 0 Å². The molecule has 0 bridgehead atoms. The lowest BCUT2D eigenvalue weighted by molar-refractivity contribution is -0.114. The molecule has 0 N–H and O–H groups in total. The molecule has 6 aromatic carbocycles. The Morgan fingerprint density at radius 3 is 0.647 bits per heavy atom. The van der Waals surface area contributed by atoms with Gasteiger partial charge in [-0.2, -0.15) is 0 Å². The van der Waals surface area contributed by atoms with Gasteiger partial charge in [0.25, 0.3) is 59.1 Å². The quantitative estimate of drug-likeness (QED) is 0.0202. The Morgan fingerprint density at radius 1 is 0.181 bits per heavy atom. The van der Waals surface area contributed by atoms with Crippen LogP contribution in [-0.2, 0) is 9.59 Å². The molecule has 0 radical (unpaired) electrons. The van der Waals surface area contributed by atoms with Crippen molar-refractivity contribution in [3.63, 3.8) is 0 Å². The maximum atomic E-state index is 16.3. The standard InChI is InChI=1S/C100H130N6O10/c1-7-13-19-25-31-33-35-37-43-45-59-101-81-65-69(77-67-79-83-73(91(107)103(95(79)111)61-47-39-27-21-15-9-3)55-57-75-85(83)89(77)99(115)105(93(75)109)63-49-41-29-23-17-11-5)51-53-71(81)87(97(101)113)88-72-54-52-70(66-82(72)102(98(88)114)60-46-44-38-36-34-32-26-20-14-8-2)78-68-80-84-74(92(108)104(96(80)112)62-48-40-28-22-16-10-4)56-58-76-86(84)90(78)100(116)106(94(76)110)64-50-42-30-24-18-12-6/h51-58,65-68H,7-50,59-64H2,1-6H3/b88-87-. The van der Waals surface area contributed by atoms with Crippen LogP contribution in [0.3, 0.4) is 0 Å². The van der Waals surface area contributed by atoms with Gasteiger partial charge in [0.2, 0.25) is 0 Å². The molecule has 12 rings (SSSR count). The Hall–Kier alpha value is -8.92. The second-order valence-electron chi connectivity index (χ2n) is 34.1. The zero-order chi connectivity index (χ0) is 81.8. The molecular formula is C100H130N6O10. The topological polar surface area (TPSA) is 190 Å². The molecule has 116 heavy (non-hydrogen) atoms. The van der Waals surface area contributed by atoms with E-state index in [0.29, 0.717) is 107 Å². The molecule has 16 nitrogen and oxygen atoms in total. The van der Waals surface area contributed by atoms with Crippen molar-refractivity contribution in [2.45, 2.75) is 324 Å². The average molecular weight is 1580 g/mol. The van der Waals surface area contributed by atoms with E-state index in [1.165, 1.54) is 83.8 Å². The van der Waals surface area contributed by atoms with Crippen molar-refractivity contribution in [3.05, 3.63) is 128 Å². The van der Waals surface area contributed by atoms with Crippen molar-refractivity contribution in [1.82, 2.24) is 19.6 Å². The molecule has 6 heterocycles. The van der Waals surface area contributed by atoms with Gasteiger partial charge in [0, 0.05) is 105 Å². The van der Waals surface area contributed by atoms with E-state index >= 15 is 28.8 Å². The highest BCUT2D eigenvalue weighted by atomic mass is 16.2. The van der Waals surface area contributed by atoms with Gasteiger partial charge in [0.05, 0.1) is 33.6 Å². The second-order valence-corrected chi connectivity index (χ2v) is 34.1. The molecule has 0 aromatic heterocycles. The summed E-state index contributed by atoms with van der Waals surface area (Å²) < 4.78 is 0. The predicted octanol–water partition coefficient (Wildman–Crippen LogP) is 24.6. The first-order chi connectivity index (χ1) is 56.7. The van der Waals surface area contributed by atoms with Crippen LogP contribution in [0.5, 0.6) is 0 Å². The third-order valence-corrected chi connectivity index (χ3v) is 25.7. The van der Waals surface area contributed by atoms with Crippen LogP contribution in [0.4, 0.5) is 11.4 Å². The third-order valence-electron chi connectivity index (χ3n) is 25.7. The summed E-state index contributed by atoms with van der Waals surface area (Å²) in [6.45, 7) is 14.6. The van der Waals surface area contributed by atoms with Crippen LogP contribution in [0.25, 0.3) is 54.9 Å². The highest BCUT2D eigenvalue weighted by molar-refractivity contribution is 6.50. The normalized spacial score (nSPS) is 15.6. The maximum Gasteiger partial charge on any atom is 0.262 e. The van der Waals surface area contributed by atoms with E-state index < -0.39 is 47.3 Å². The zero-order valence-electron chi connectivity index (χ0n) is 71.0. The number of hydrogen-bond acceptors (Lipinski definition) is 10. The molecule has 6 aliphatic heterocycles. The van der Waals surface area contributed by atoms with Gasteiger partial charge >= 0.3 is 0 Å². The Bertz CT molecular complexity index is 4370. The molecule has 0 spiro atoms. The minimum Gasteiger partial charge on any atom is -0.308 e. The van der Waals surface area contributed by atoms with Crippen molar-refractivity contribution in [2.75, 3.05) is 49.1 Å². The molecule has 6 aromatic rings. The molecule has 0 saturated carbocycles. The summed E-state index contributed by atoms with van der Waals surface area (Å²) in [5, 5.41) is 1.19. The second kappa shape index (κ2) is 42.0. The summed E-state index contributed by atoms with van der Waals surface area (Å²) in [5.74, 6) is -4.50. The fourth-order valence-corrected chi connectivity index (χ4v) is 19.0. The van der Waals surface area contributed by atoms with Crippen LogP contribution in [0.2, 0.25) is 0 Å². The summed E-state index contributed by atoms with van der Waals surface area (Å²) in [7, 11) is 0. The van der Waals surface area contributed by atoms with Crippen molar-refractivity contribution < 1.29 is 47.9 Å². The first-order valence-corrected chi connectivity index (χ1v) is 46.1. The number of benzene rings is 6. The molecule has 0 saturated heterocycles. The smallest absolute Gasteiger partial charge is 0.262 e. The molecule has 16 heteroatoms. The minimum absolute atomic E-state index is 0.191. The van der Waals surface area contributed by atoms with E-state index in [0.717, 1.165) is 180 Å². The number of fused-ring (bicyclic) bond motifs is 2. The third kappa shape index (κ3) is 18.6. The monoisotopic (exact) mass is 1570 g/mol. The van der Waals surface area contributed by atoms with Gasteiger partial charge in [-0.15, -0.1) is 0 Å². The lowest BCUT2D eigenvalue weighted by atomic mass is 9.81. The molecule has 10 amide bonds. The SMILES string of the molecule is CCCCCCCCCCCCN1C(=O)/C(=C2\C(=O)N(CCCCCCCCCCCC)c3cc(-c4cc5c6c(ccc7c6c4C(=O)N(CCCCCCCC)C7=O)C(=O)N(CCCCCCCC)C5=O)ccc32)c2ccc(-c3cc4c5c(ccc6c5c3C(=O)N(CCCCCCCC)C6=O)C(=O)N(CCCCCCCC)C4=O)cc21. The molecule has 0 fully saturated rings. The van der Waals surface area contributed by atoms with Crippen LogP contribution in [-0.4, -0.2) is 118 Å². The van der Waals surface area contributed by atoms with Crippen LogP contribution >= 0.6 is 0 Å². The van der Waals surface area contributed by atoms with E-state index in [1.54, 1.807) is 46.2 Å². The fraction of sp³-hybridized carbons (Fsp3) is 0.560. The number of hydrogen-bond donors (Lipinski definition) is 0. The Balaban J connectivity index is 0.997. The summed E-state index contributed by atoms with van der Waals surface area (Å²) in [5.41, 5.74) is 6.45.